The number of nitrogens with zero attached hydrogens (tertiary/aromatic N) is 1. The molecule has 0 aliphatic carbocycles. The minimum atomic E-state index is -3.16. The van der Waals surface area contributed by atoms with Crippen LogP contribution in [-0.2, 0) is 10.0 Å². The lowest BCUT2D eigenvalue weighted by Crippen LogP contribution is -2.35. The van der Waals surface area contributed by atoms with Gasteiger partial charge in [0.15, 0.2) is 0 Å². The third-order valence-corrected chi connectivity index (χ3v) is 4.59. The number of alkyl halides is 1. The molecule has 1 saturated heterocycles. The van der Waals surface area contributed by atoms with Crippen LogP contribution in [0.2, 0.25) is 0 Å². The van der Waals surface area contributed by atoms with Gasteiger partial charge in [0.05, 0.1) is 0 Å². The lowest BCUT2D eigenvalue weighted by molar-refractivity contribution is 0.382. The molecule has 0 amide bonds. The van der Waals surface area contributed by atoms with E-state index in [1.165, 1.54) is 0 Å². The lowest BCUT2D eigenvalue weighted by Gasteiger charge is -2.21. The fraction of sp³-hybridized carbons (Fsp3) is 1.00. The van der Waals surface area contributed by atoms with Crippen molar-refractivity contribution in [3.8, 4) is 0 Å². The average Bonchev–Trinajstić information content (AvgIpc) is 2.52. The van der Waals surface area contributed by atoms with E-state index in [9.17, 15) is 8.42 Å². The van der Waals surface area contributed by atoms with E-state index in [0.29, 0.717) is 6.54 Å². The summed E-state index contributed by atoms with van der Waals surface area (Å²) in [6.07, 6.45) is 2.83. The maximum absolute atomic E-state index is 11.4. The topological polar surface area (TPSA) is 37.4 Å². The molecule has 1 atom stereocenters. The summed E-state index contributed by atoms with van der Waals surface area (Å²) in [7, 11) is -3.16. The third-order valence-electron chi connectivity index (χ3n) is 2.29. The van der Waals surface area contributed by atoms with Gasteiger partial charge in [0.2, 0.25) is 10.0 Å². The Balaban J connectivity index is 2.74. The smallest absolute Gasteiger partial charge is 0.211 e. The Kier molecular flexibility index (Phi) is 3.37. The van der Waals surface area contributed by atoms with Crippen LogP contribution in [0.4, 0.5) is 0 Å². The molecule has 0 N–H and O–H groups in total. The van der Waals surface area contributed by atoms with Gasteiger partial charge < -0.3 is 0 Å². The number of sulfonamides is 1. The van der Waals surface area contributed by atoms with Gasteiger partial charge in [-0.25, -0.2) is 8.42 Å². The summed E-state index contributed by atoms with van der Waals surface area (Å²) in [6.45, 7) is 2.65. The normalized spacial score (nSPS) is 26.3. The minimum absolute atomic E-state index is 0.189. The van der Waals surface area contributed by atoms with E-state index in [0.717, 1.165) is 19.3 Å². The monoisotopic (exact) mass is 211 g/mol. The Labute approximate surface area is 78.7 Å². The van der Waals surface area contributed by atoms with Gasteiger partial charge in [-0.1, -0.05) is 6.92 Å². The van der Waals surface area contributed by atoms with Crippen molar-refractivity contribution >= 4 is 21.6 Å². The van der Waals surface area contributed by atoms with Crippen molar-refractivity contribution in [2.45, 2.75) is 32.2 Å². The van der Waals surface area contributed by atoms with Crippen LogP contribution >= 0.6 is 11.6 Å². The highest BCUT2D eigenvalue weighted by atomic mass is 35.5. The Morgan fingerprint density at radius 1 is 1.58 bits per heavy atom. The van der Waals surface area contributed by atoms with E-state index < -0.39 is 10.0 Å². The van der Waals surface area contributed by atoms with Crippen LogP contribution in [0.25, 0.3) is 0 Å². The molecule has 12 heavy (non-hydrogen) atoms. The molecule has 0 aromatic heterocycles. The fourth-order valence-electron chi connectivity index (χ4n) is 1.65. The Morgan fingerprint density at radius 2 is 2.25 bits per heavy atom. The number of hydrogen-bond donors (Lipinski definition) is 0. The molecule has 0 radical (unpaired) electrons. The van der Waals surface area contributed by atoms with Crippen molar-refractivity contribution in [3.63, 3.8) is 0 Å². The van der Waals surface area contributed by atoms with Crippen LogP contribution in [0.1, 0.15) is 26.2 Å². The highest BCUT2D eigenvalue weighted by molar-refractivity contribution is 7.90. The minimum Gasteiger partial charge on any atom is -0.211 e. The van der Waals surface area contributed by atoms with Crippen LogP contribution < -0.4 is 0 Å². The van der Waals surface area contributed by atoms with Gasteiger partial charge in [-0.15, -0.1) is 11.6 Å². The first-order valence-electron chi connectivity index (χ1n) is 4.17. The highest BCUT2D eigenvalue weighted by Crippen LogP contribution is 2.23. The molecule has 5 heteroatoms. The van der Waals surface area contributed by atoms with Crippen LogP contribution in [0.3, 0.4) is 0 Å². The molecule has 0 saturated carbocycles. The molecule has 1 aliphatic rings. The van der Waals surface area contributed by atoms with Gasteiger partial charge >= 0.3 is 0 Å². The predicted octanol–water partition coefficient (Wildman–Crippen LogP) is 1.39. The van der Waals surface area contributed by atoms with E-state index in [-0.39, 0.29) is 11.3 Å². The molecule has 0 spiro atoms. The van der Waals surface area contributed by atoms with Crippen LogP contribution in [0.15, 0.2) is 0 Å². The van der Waals surface area contributed by atoms with Crippen molar-refractivity contribution in [1.29, 1.82) is 0 Å². The standard InChI is InChI=1S/C7H14ClNO2S/c1-2-7-4-3-5-9(7)12(10,11)6-8/h7H,2-6H2,1H3. The number of rotatable bonds is 3. The number of halogens is 1. The second kappa shape index (κ2) is 3.94. The van der Waals surface area contributed by atoms with Gasteiger partial charge in [-0.3, -0.25) is 0 Å². The summed E-state index contributed by atoms with van der Waals surface area (Å²) < 4.78 is 24.3. The van der Waals surface area contributed by atoms with Crippen molar-refractivity contribution in [2.24, 2.45) is 0 Å². The largest absolute Gasteiger partial charge is 0.228 e. The van der Waals surface area contributed by atoms with Crippen molar-refractivity contribution in [2.75, 3.05) is 11.8 Å². The molecule has 1 heterocycles. The van der Waals surface area contributed by atoms with E-state index in [1.54, 1.807) is 4.31 Å². The van der Waals surface area contributed by atoms with Crippen molar-refractivity contribution < 1.29 is 8.42 Å². The first-order valence-corrected chi connectivity index (χ1v) is 6.31. The maximum atomic E-state index is 11.4. The van der Waals surface area contributed by atoms with Gasteiger partial charge in [0, 0.05) is 12.6 Å². The van der Waals surface area contributed by atoms with E-state index in [4.69, 9.17) is 11.6 Å². The quantitative estimate of drug-likeness (QED) is 0.662. The summed E-state index contributed by atoms with van der Waals surface area (Å²) in [5.74, 6) is 0. The van der Waals surface area contributed by atoms with Gasteiger partial charge in [0.25, 0.3) is 0 Å². The van der Waals surface area contributed by atoms with Gasteiger partial charge in [0.1, 0.15) is 5.21 Å². The van der Waals surface area contributed by atoms with Crippen molar-refractivity contribution in [3.05, 3.63) is 0 Å². The summed E-state index contributed by atoms with van der Waals surface area (Å²) in [4.78, 5) is 0. The number of hydrogen-bond acceptors (Lipinski definition) is 2. The first-order chi connectivity index (χ1) is 5.61. The molecule has 1 unspecified atom stereocenters. The fourth-order valence-corrected chi connectivity index (χ4v) is 3.26. The first kappa shape index (κ1) is 10.3. The zero-order valence-corrected chi connectivity index (χ0v) is 8.74. The molecule has 1 rings (SSSR count). The lowest BCUT2D eigenvalue weighted by atomic mass is 10.2. The highest BCUT2D eigenvalue weighted by Gasteiger charge is 2.31. The summed E-state index contributed by atoms with van der Waals surface area (Å²) >= 11 is 5.37. The van der Waals surface area contributed by atoms with E-state index >= 15 is 0 Å². The van der Waals surface area contributed by atoms with Crippen molar-refractivity contribution in [1.82, 2.24) is 4.31 Å². The van der Waals surface area contributed by atoms with Gasteiger partial charge in [-0.2, -0.15) is 4.31 Å². The molecule has 0 aromatic rings. The average molecular weight is 212 g/mol. The zero-order valence-electron chi connectivity index (χ0n) is 7.16. The Hall–Kier alpha value is 0.200. The van der Waals surface area contributed by atoms with E-state index in [2.05, 4.69) is 0 Å². The second-order valence-electron chi connectivity index (χ2n) is 3.04. The zero-order chi connectivity index (χ0) is 9.19. The molecule has 3 nitrogen and oxygen atoms in total. The molecule has 1 aliphatic heterocycles. The molecule has 0 bridgehead atoms. The summed E-state index contributed by atoms with van der Waals surface area (Å²) in [5, 5.41) is -0.288. The third kappa shape index (κ3) is 1.92. The SMILES string of the molecule is CCC1CCCN1S(=O)(=O)CCl. The molecule has 72 valence electrons. The van der Waals surface area contributed by atoms with E-state index in [1.807, 2.05) is 6.92 Å². The summed E-state index contributed by atoms with van der Waals surface area (Å²) in [5.41, 5.74) is 0. The van der Waals surface area contributed by atoms with Gasteiger partial charge in [-0.05, 0) is 19.3 Å². The molecular weight excluding hydrogens is 198 g/mol. The molecular formula is C7H14ClNO2S. The van der Waals surface area contributed by atoms with Crippen LogP contribution in [0, 0.1) is 0 Å². The maximum Gasteiger partial charge on any atom is 0.228 e. The summed E-state index contributed by atoms with van der Waals surface area (Å²) in [6, 6.07) is 0.189. The molecule has 0 aromatic carbocycles. The second-order valence-corrected chi connectivity index (χ2v) is 5.54. The molecule has 1 fully saturated rings. The van der Waals surface area contributed by atoms with Crippen LogP contribution in [-0.4, -0.2) is 30.5 Å². The predicted molar refractivity (Wildman–Crippen MR) is 49.7 cm³/mol. The van der Waals surface area contributed by atoms with Crippen LogP contribution in [0.5, 0.6) is 0 Å². The Morgan fingerprint density at radius 3 is 2.75 bits per heavy atom. The Bertz CT molecular complexity index is 240.